The molecule has 1 spiro atoms. The molecule has 2 fully saturated rings. The first kappa shape index (κ1) is 18.8. The van der Waals surface area contributed by atoms with E-state index in [1.54, 1.807) is 0 Å². The third-order valence-electron chi connectivity index (χ3n) is 5.86. The predicted molar refractivity (Wildman–Crippen MR) is 99.2 cm³/mol. The molecule has 4 heteroatoms. The summed E-state index contributed by atoms with van der Waals surface area (Å²) in [6.45, 7) is 11.1. The number of benzene rings is 1. The van der Waals surface area contributed by atoms with Gasteiger partial charge in [0.15, 0.2) is 5.79 Å². The van der Waals surface area contributed by atoms with Gasteiger partial charge >= 0.3 is 0 Å². The Morgan fingerprint density at radius 3 is 2.24 bits per heavy atom. The van der Waals surface area contributed by atoms with Crippen LogP contribution >= 0.6 is 0 Å². The van der Waals surface area contributed by atoms with E-state index in [1.165, 1.54) is 5.56 Å². The predicted octanol–water partition coefficient (Wildman–Crippen LogP) is 4.34. The minimum Gasteiger partial charge on any atom is -0.347 e. The summed E-state index contributed by atoms with van der Waals surface area (Å²) in [6, 6.07) is 10.5. The molecule has 0 bridgehead atoms. The summed E-state index contributed by atoms with van der Waals surface area (Å²) in [5.74, 6) is -0.436. The van der Waals surface area contributed by atoms with Gasteiger partial charge in [-0.3, -0.25) is 4.84 Å². The van der Waals surface area contributed by atoms with E-state index in [-0.39, 0.29) is 11.1 Å². The molecule has 140 valence electrons. The average Bonchev–Trinajstić information content (AvgIpc) is 3.04. The topological polar surface area (TPSA) is 30.9 Å². The first-order valence-corrected chi connectivity index (χ1v) is 9.70. The molecule has 2 saturated heterocycles. The van der Waals surface area contributed by atoms with E-state index in [4.69, 9.17) is 14.3 Å². The van der Waals surface area contributed by atoms with Crippen LogP contribution < -0.4 is 0 Å². The van der Waals surface area contributed by atoms with E-state index in [1.807, 2.05) is 0 Å². The highest BCUT2D eigenvalue weighted by molar-refractivity contribution is 5.14. The quantitative estimate of drug-likeness (QED) is 0.766. The Hall–Kier alpha value is -0.940. The summed E-state index contributed by atoms with van der Waals surface area (Å²) in [5.41, 5.74) is 1.13. The Kier molecular flexibility index (Phi) is 5.54. The number of hydrogen-bond donors (Lipinski definition) is 0. The van der Waals surface area contributed by atoms with Crippen LogP contribution in [0.1, 0.15) is 58.9 Å². The number of hydrogen-bond acceptors (Lipinski definition) is 4. The zero-order valence-electron chi connectivity index (χ0n) is 16.2. The summed E-state index contributed by atoms with van der Waals surface area (Å²) < 4.78 is 12.2. The molecule has 4 nitrogen and oxygen atoms in total. The Balaban J connectivity index is 1.75. The molecule has 0 aromatic heterocycles. The van der Waals surface area contributed by atoms with Crippen molar-refractivity contribution in [2.45, 2.75) is 76.7 Å². The molecule has 25 heavy (non-hydrogen) atoms. The van der Waals surface area contributed by atoms with Crippen molar-refractivity contribution in [1.82, 2.24) is 5.06 Å². The third kappa shape index (κ3) is 3.77. The monoisotopic (exact) mass is 347 g/mol. The Labute approximate surface area is 152 Å². The lowest BCUT2D eigenvalue weighted by Gasteiger charge is -2.58. The van der Waals surface area contributed by atoms with Crippen LogP contribution in [0.2, 0.25) is 0 Å². The molecule has 0 atom stereocenters. The molecule has 0 unspecified atom stereocenters. The maximum absolute atomic E-state index is 6.42. The van der Waals surface area contributed by atoms with Gasteiger partial charge in [0.2, 0.25) is 0 Å². The maximum Gasteiger partial charge on any atom is 0.172 e. The summed E-state index contributed by atoms with van der Waals surface area (Å²) >= 11 is 0. The van der Waals surface area contributed by atoms with Crippen molar-refractivity contribution in [3.05, 3.63) is 35.9 Å². The molecular formula is C21H33NO3. The van der Waals surface area contributed by atoms with Crippen LogP contribution in [0, 0.1) is 0 Å². The molecule has 3 rings (SSSR count). The SMILES string of the molecule is CCC1(CC)CC2(CC(C)(C)N1OCCc1ccccc1)OCCO2. The zero-order chi connectivity index (χ0) is 18.0. The molecule has 2 heterocycles. The van der Waals surface area contributed by atoms with Gasteiger partial charge in [0.05, 0.1) is 25.4 Å². The summed E-state index contributed by atoms with van der Waals surface area (Å²) in [7, 11) is 0. The molecule has 0 aliphatic carbocycles. The second-order valence-corrected chi connectivity index (χ2v) is 8.07. The van der Waals surface area contributed by atoms with Gasteiger partial charge in [-0.1, -0.05) is 44.2 Å². The highest BCUT2D eigenvalue weighted by Crippen LogP contribution is 2.50. The van der Waals surface area contributed by atoms with E-state index in [2.05, 4.69) is 63.1 Å². The number of hydroxylamine groups is 2. The molecule has 1 aromatic carbocycles. The molecule has 1 aromatic rings. The van der Waals surface area contributed by atoms with Crippen molar-refractivity contribution in [1.29, 1.82) is 0 Å². The van der Waals surface area contributed by atoms with Crippen molar-refractivity contribution < 1.29 is 14.3 Å². The number of nitrogens with zero attached hydrogens (tertiary/aromatic N) is 1. The molecule has 2 aliphatic heterocycles. The van der Waals surface area contributed by atoms with Gasteiger partial charge in [-0.2, -0.15) is 5.06 Å². The van der Waals surface area contributed by atoms with Crippen molar-refractivity contribution in [3.8, 4) is 0 Å². The van der Waals surface area contributed by atoms with Crippen LogP contribution in [0.4, 0.5) is 0 Å². The fourth-order valence-electron chi connectivity index (χ4n) is 4.71. The van der Waals surface area contributed by atoms with E-state index >= 15 is 0 Å². The lowest BCUT2D eigenvalue weighted by molar-refractivity contribution is -0.343. The number of rotatable bonds is 6. The highest BCUT2D eigenvalue weighted by Gasteiger charge is 2.58. The van der Waals surface area contributed by atoms with Crippen LogP contribution in [0.3, 0.4) is 0 Å². The molecule has 2 aliphatic rings. The van der Waals surface area contributed by atoms with Gasteiger partial charge in [0.1, 0.15) is 0 Å². The van der Waals surface area contributed by atoms with Crippen LogP contribution in [0.15, 0.2) is 30.3 Å². The summed E-state index contributed by atoms with van der Waals surface area (Å²) in [5, 5.41) is 2.28. The summed E-state index contributed by atoms with van der Waals surface area (Å²) in [6.07, 6.45) is 4.68. The molecule has 0 N–H and O–H groups in total. The third-order valence-corrected chi connectivity index (χ3v) is 5.86. The van der Waals surface area contributed by atoms with Crippen LogP contribution in [-0.4, -0.2) is 41.7 Å². The van der Waals surface area contributed by atoms with Gasteiger partial charge in [-0.05, 0) is 38.7 Å². The van der Waals surface area contributed by atoms with Crippen molar-refractivity contribution in [2.24, 2.45) is 0 Å². The van der Waals surface area contributed by atoms with Crippen molar-refractivity contribution in [3.63, 3.8) is 0 Å². The van der Waals surface area contributed by atoms with E-state index in [9.17, 15) is 0 Å². The van der Waals surface area contributed by atoms with Gasteiger partial charge in [0, 0.05) is 18.4 Å². The largest absolute Gasteiger partial charge is 0.347 e. The van der Waals surface area contributed by atoms with Crippen LogP contribution in [0.25, 0.3) is 0 Å². The maximum atomic E-state index is 6.42. The minimum absolute atomic E-state index is 0.0528. The fraction of sp³-hybridized carbons (Fsp3) is 0.714. The van der Waals surface area contributed by atoms with Gasteiger partial charge < -0.3 is 9.47 Å². The van der Waals surface area contributed by atoms with E-state index in [0.29, 0.717) is 19.8 Å². The van der Waals surface area contributed by atoms with Gasteiger partial charge in [0.25, 0.3) is 0 Å². The number of ether oxygens (including phenoxy) is 2. The lowest BCUT2D eigenvalue weighted by Crippen LogP contribution is -2.67. The van der Waals surface area contributed by atoms with Crippen LogP contribution in [-0.2, 0) is 20.7 Å². The highest BCUT2D eigenvalue weighted by atomic mass is 16.7. The minimum atomic E-state index is -0.436. The first-order chi connectivity index (χ1) is 12.0. The first-order valence-electron chi connectivity index (χ1n) is 9.70. The van der Waals surface area contributed by atoms with Gasteiger partial charge in [-0.25, -0.2) is 0 Å². The smallest absolute Gasteiger partial charge is 0.172 e. The molecule has 0 amide bonds. The van der Waals surface area contributed by atoms with Crippen molar-refractivity contribution >= 4 is 0 Å². The second-order valence-electron chi connectivity index (χ2n) is 8.07. The standard InChI is InChI=1S/C21H33NO3/c1-5-20(6-2)17-21(23-14-15-24-21)16-19(3,4)22(20)25-13-12-18-10-8-7-9-11-18/h7-11H,5-6,12-17H2,1-4H3. The lowest BCUT2D eigenvalue weighted by atomic mass is 9.73. The Bertz CT molecular complexity index is 548. The fourth-order valence-corrected chi connectivity index (χ4v) is 4.71. The van der Waals surface area contributed by atoms with Crippen LogP contribution in [0.5, 0.6) is 0 Å². The van der Waals surface area contributed by atoms with E-state index < -0.39 is 5.79 Å². The molecule has 0 radical (unpaired) electrons. The summed E-state index contributed by atoms with van der Waals surface area (Å²) in [4.78, 5) is 6.42. The van der Waals surface area contributed by atoms with Gasteiger partial charge in [-0.15, -0.1) is 0 Å². The normalized spacial score (nSPS) is 24.6. The Morgan fingerprint density at radius 1 is 1.00 bits per heavy atom. The van der Waals surface area contributed by atoms with E-state index in [0.717, 1.165) is 32.1 Å². The zero-order valence-corrected chi connectivity index (χ0v) is 16.2. The number of piperidine rings is 1. The average molecular weight is 347 g/mol. The van der Waals surface area contributed by atoms with Crippen molar-refractivity contribution in [2.75, 3.05) is 19.8 Å². The second kappa shape index (κ2) is 7.36. The molecular weight excluding hydrogens is 314 g/mol. The molecule has 0 saturated carbocycles. The Morgan fingerprint density at radius 2 is 1.64 bits per heavy atom.